The van der Waals surface area contributed by atoms with Crippen LogP contribution in [0.3, 0.4) is 0 Å². The number of nitrogens with one attached hydrogen (secondary N) is 1. The van der Waals surface area contributed by atoms with Gasteiger partial charge in [-0.3, -0.25) is 0 Å². The molecule has 2 aromatic rings. The fourth-order valence-corrected chi connectivity index (χ4v) is 1.27. The van der Waals surface area contributed by atoms with E-state index in [1.165, 1.54) is 0 Å². The normalized spacial score (nSPS) is 11.3. The third-order valence-electron chi connectivity index (χ3n) is 1.82. The smallest absolute Gasteiger partial charge is 0.846 e. The summed E-state index contributed by atoms with van der Waals surface area (Å²) in [6.45, 7) is 0. The molecule has 2 aromatic heterocycles. The van der Waals surface area contributed by atoms with Crippen molar-refractivity contribution in [1.82, 2.24) is 24.3 Å². The van der Waals surface area contributed by atoms with E-state index in [0.717, 1.165) is 4.40 Å². The Morgan fingerprint density at radius 1 is 1.00 bits per heavy atom. The average Bonchev–Trinajstić information content (AvgIpc) is 2.14. The molecule has 19 heavy (non-hydrogen) atoms. The van der Waals surface area contributed by atoms with Crippen LogP contribution in [0.15, 0.2) is 9.79 Å². The second-order valence-corrected chi connectivity index (χ2v) is 2.81. The summed E-state index contributed by atoms with van der Waals surface area (Å²) >= 11 is 0. The fourth-order valence-electron chi connectivity index (χ4n) is 1.27. The van der Waals surface area contributed by atoms with Crippen molar-refractivity contribution >= 4 is 23.7 Å². The van der Waals surface area contributed by atoms with Gasteiger partial charge in [-0.25, -0.2) is 24.2 Å². The van der Waals surface area contributed by atoms with E-state index < -0.39 is 17.7 Å². The van der Waals surface area contributed by atoms with Gasteiger partial charge in [0.25, 0.3) is 0 Å². The molecular weight excluding hydrogens is 617 g/mol. The van der Waals surface area contributed by atoms with Gasteiger partial charge in [-0.2, -0.15) is 9.97 Å². The molecule has 0 saturated heterocycles. The molecule has 10 nitrogen and oxygen atoms in total. The van der Waals surface area contributed by atoms with Crippen molar-refractivity contribution in [3.05, 3.63) is 10.5 Å². The van der Waals surface area contributed by atoms with Gasteiger partial charge < -0.3 is 15.5 Å². The SMILES string of the molecule is O=c1nc2n3c(nc([O-])nc3n1)N=C([O-])N2.[Cs+].[Cs+].[Cs+]. The summed E-state index contributed by atoms with van der Waals surface area (Å²) in [6, 6.07) is -1.64. The van der Waals surface area contributed by atoms with Crippen molar-refractivity contribution in [2.75, 3.05) is 5.32 Å². The minimum Gasteiger partial charge on any atom is -0.846 e. The van der Waals surface area contributed by atoms with E-state index in [-0.39, 0.29) is 224 Å². The molecule has 0 atom stereocenters. The van der Waals surface area contributed by atoms with E-state index in [1.54, 1.807) is 0 Å². The van der Waals surface area contributed by atoms with Gasteiger partial charge in [-0.1, -0.05) is 0 Å². The van der Waals surface area contributed by atoms with Crippen LogP contribution >= 0.6 is 0 Å². The predicted octanol–water partition coefficient (Wildman–Crippen LogP) is -12.3. The van der Waals surface area contributed by atoms with Crippen LogP contribution in [0.1, 0.15) is 0 Å². The molecule has 0 saturated carbocycles. The minimum absolute atomic E-state index is 0. The molecule has 0 aliphatic carbocycles. The Kier molecular flexibility index (Phi) is 11.3. The van der Waals surface area contributed by atoms with Crippen LogP contribution in [-0.2, 0) is 0 Å². The minimum atomic E-state index is -0.877. The molecule has 0 amide bonds. The molecule has 3 rings (SSSR count). The van der Waals surface area contributed by atoms with Gasteiger partial charge in [0.05, 0.1) is 12.0 Å². The molecule has 1 aliphatic heterocycles. The first-order valence-electron chi connectivity index (χ1n) is 4.02. The summed E-state index contributed by atoms with van der Waals surface area (Å²) < 4.78 is 1.10. The number of nitrogens with zero attached hydrogens (tertiary/aromatic N) is 6. The molecular formula is C6HCs3N7O3+. The largest absolute Gasteiger partial charge is 1.00 e. The summed E-state index contributed by atoms with van der Waals surface area (Å²) in [5.41, 5.74) is -0.860. The molecule has 0 radical (unpaired) electrons. The van der Waals surface area contributed by atoms with Crippen LogP contribution < -0.4 is 228 Å². The van der Waals surface area contributed by atoms with Crippen molar-refractivity contribution in [3.8, 4) is 6.01 Å². The Labute approximate surface area is 282 Å². The predicted molar refractivity (Wildman–Crippen MR) is 45.0 cm³/mol. The van der Waals surface area contributed by atoms with Gasteiger partial charge in [-0.05, 0) is 0 Å². The maximum absolute atomic E-state index is 11.1. The Morgan fingerprint density at radius 3 is 2.37 bits per heavy atom. The topological polar surface area (TPSA) is 144 Å². The van der Waals surface area contributed by atoms with Crippen molar-refractivity contribution in [2.45, 2.75) is 0 Å². The molecule has 1 N–H and O–H groups in total. The third kappa shape index (κ3) is 5.18. The van der Waals surface area contributed by atoms with Gasteiger partial charge in [0, 0.05) is 0 Å². The number of hydrogen-bond acceptors (Lipinski definition) is 9. The maximum Gasteiger partial charge on any atom is 1.00 e. The Hall–Kier alpha value is 3.38. The third-order valence-corrected chi connectivity index (χ3v) is 1.82. The first-order chi connectivity index (χ1) is 7.63. The Morgan fingerprint density at radius 2 is 1.68 bits per heavy atom. The molecule has 0 spiro atoms. The van der Waals surface area contributed by atoms with Gasteiger partial charge in [-0.15, -0.1) is 0 Å². The zero-order valence-electron chi connectivity index (χ0n) is 10.4. The molecule has 0 fully saturated rings. The standard InChI is InChI=1S/C6H3N7O3.3Cs/c14-4-7-1-8-5(15)10-3-12-6(16)11-2(9-4)13(1)3;;;/h(H3,7,8,9,10,11,12,14,15,16);;;/q;3*+1/p-2. The summed E-state index contributed by atoms with van der Waals surface area (Å²) in [5.74, 6) is -0.507. The summed E-state index contributed by atoms with van der Waals surface area (Å²) in [6.07, 6.45) is 0. The number of anilines is 1. The molecule has 80 valence electrons. The van der Waals surface area contributed by atoms with Crippen LogP contribution in [0.4, 0.5) is 11.9 Å². The molecule has 0 bridgehead atoms. The Bertz CT molecular complexity index is 702. The van der Waals surface area contributed by atoms with Crippen LogP contribution in [0.5, 0.6) is 6.01 Å². The monoisotopic (exact) mass is 618 g/mol. The first-order valence-corrected chi connectivity index (χ1v) is 4.02. The molecule has 0 unspecified atom stereocenters. The quantitative estimate of drug-likeness (QED) is 0.307. The summed E-state index contributed by atoms with van der Waals surface area (Å²) in [5, 5.41) is 24.3. The van der Waals surface area contributed by atoms with E-state index >= 15 is 0 Å². The number of rotatable bonds is 0. The zero-order chi connectivity index (χ0) is 11.3. The maximum atomic E-state index is 11.1. The Balaban J connectivity index is 0.00000108. The molecule has 13 heteroatoms. The van der Waals surface area contributed by atoms with Crippen molar-refractivity contribution in [3.63, 3.8) is 0 Å². The van der Waals surface area contributed by atoms with E-state index in [9.17, 15) is 15.0 Å². The average molecular weight is 618 g/mol. The zero-order valence-corrected chi connectivity index (χ0v) is 29.2. The van der Waals surface area contributed by atoms with Gasteiger partial charge in [0.1, 0.15) is 0 Å². The van der Waals surface area contributed by atoms with Crippen LogP contribution in [-0.4, -0.2) is 30.4 Å². The van der Waals surface area contributed by atoms with Crippen LogP contribution in [0.2, 0.25) is 0 Å². The van der Waals surface area contributed by atoms with Crippen molar-refractivity contribution in [1.29, 1.82) is 0 Å². The number of amidine groups is 1. The second-order valence-electron chi connectivity index (χ2n) is 2.81. The van der Waals surface area contributed by atoms with Crippen LogP contribution in [0.25, 0.3) is 5.78 Å². The number of aliphatic imine (C=N–C) groups is 1. The van der Waals surface area contributed by atoms with Crippen molar-refractivity contribution in [2.24, 2.45) is 4.99 Å². The van der Waals surface area contributed by atoms with Crippen LogP contribution in [0, 0.1) is 0 Å². The molecule has 3 heterocycles. The molecule has 0 aromatic carbocycles. The summed E-state index contributed by atoms with van der Waals surface area (Å²) in [7, 11) is 0. The van der Waals surface area contributed by atoms with Gasteiger partial charge >= 0.3 is 212 Å². The van der Waals surface area contributed by atoms with Crippen molar-refractivity contribution < 1.29 is 217 Å². The second kappa shape index (κ2) is 9.62. The van der Waals surface area contributed by atoms with Gasteiger partial charge in [0.15, 0.2) is 0 Å². The van der Waals surface area contributed by atoms with E-state index in [2.05, 4.69) is 30.2 Å². The number of hydrogen-bond donors (Lipinski definition) is 1. The molecule has 1 aliphatic rings. The summed E-state index contributed by atoms with van der Waals surface area (Å²) in [4.78, 5) is 28.1. The van der Waals surface area contributed by atoms with E-state index in [1.807, 2.05) is 0 Å². The van der Waals surface area contributed by atoms with Gasteiger partial charge in [0.2, 0.25) is 17.7 Å². The first kappa shape index (κ1) is 22.4. The fraction of sp³-hybridized carbons (Fsp3) is 0. The number of aromatic nitrogens is 5. The van der Waals surface area contributed by atoms with E-state index in [0.29, 0.717) is 0 Å². The van der Waals surface area contributed by atoms with E-state index in [4.69, 9.17) is 0 Å².